The molecular weight excluding hydrogens is 334 g/mol. The highest BCUT2D eigenvalue weighted by Crippen LogP contribution is 2.33. The minimum atomic E-state index is -0.0495. The Hall–Kier alpha value is -2.21. The van der Waals surface area contributed by atoms with E-state index in [1.807, 2.05) is 23.3 Å². The molecule has 0 radical (unpaired) electrons. The number of furan rings is 1. The summed E-state index contributed by atoms with van der Waals surface area (Å²) in [7, 11) is 0. The molecule has 0 spiro atoms. The predicted molar refractivity (Wildman–Crippen MR) is 99.8 cm³/mol. The van der Waals surface area contributed by atoms with Crippen LogP contribution in [0.4, 0.5) is 0 Å². The van der Waals surface area contributed by atoms with Gasteiger partial charge in [-0.3, -0.25) is 4.79 Å². The summed E-state index contributed by atoms with van der Waals surface area (Å²) in [6.07, 6.45) is 3.91. The quantitative estimate of drug-likeness (QED) is 0.758. The summed E-state index contributed by atoms with van der Waals surface area (Å²) in [6.45, 7) is 2.80. The summed E-state index contributed by atoms with van der Waals surface area (Å²) in [5, 5.41) is 0. The van der Waals surface area contributed by atoms with Crippen LogP contribution < -0.4 is 0 Å². The Kier molecular flexibility index (Phi) is 4.29. The van der Waals surface area contributed by atoms with E-state index in [-0.39, 0.29) is 11.9 Å². The molecular formula is C19H21N3O2S. The summed E-state index contributed by atoms with van der Waals surface area (Å²) in [6, 6.07) is 9.82. The smallest absolute Gasteiger partial charge is 0.290 e. The van der Waals surface area contributed by atoms with E-state index in [0.29, 0.717) is 5.76 Å². The van der Waals surface area contributed by atoms with Crippen molar-refractivity contribution in [3.8, 4) is 0 Å². The predicted octanol–water partition coefficient (Wildman–Crippen LogP) is 4.30. The average Bonchev–Trinajstić information content (AvgIpc) is 3.32. The highest BCUT2D eigenvalue weighted by Gasteiger charge is 2.34. The molecule has 1 unspecified atom stereocenters. The first-order chi connectivity index (χ1) is 12.2. The molecule has 1 atom stereocenters. The van der Waals surface area contributed by atoms with Crippen molar-refractivity contribution in [2.75, 3.05) is 12.8 Å². The second kappa shape index (κ2) is 6.59. The van der Waals surface area contributed by atoms with Crippen LogP contribution in [0.2, 0.25) is 0 Å². The number of H-pyrrole nitrogens is 1. The zero-order valence-electron chi connectivity index (χ0n) is 14.4. The van der Waals surface area contributed by atoms with E-state index >= 15 is 0 Å². The van der Waals surface area contributed by atoms with E-state index < -0.39 is 0 Å². The molecule has 3 heterocycles. The van der Waals surface area contributed by atoms with E-state index in [1.54, 1.807) is 17.8 Å². The third kappa shape index (κ3) is 3.06. The number of amides is 1. The van der Waals surface area contributed by atoms with Crippen LogP contribution in [-0.2, 0) is 5.75 Å². The molecule has 2 aromatic heterocycles. The minimum absolute atomic E-state index is 0.0192. The summed E-state index contributed by atoms with van der Waals surface area (Å²) < 4.78 is 5.71. The molecule has 25 heavy (non-hydrogen) atoms. The molecule has 0 saturated carbocycles. The van der Waals surface area contributed by atoms with E-state index in [9.17, 15) is 4.79 Å². The molecule has 1 saturated heterocycles. The lowest BCUT2D eigenvalue weighted by Crippen LogP contribution is -2.30. The first kappa shape index (κ1) is 16.3. The van der Waals surface area contributed by atoms with Crippen molar-refractivity contribution >= 4 is 28.7 Å². The SMILES string of the molecule is CSCc1ccc(C(=O)N2CCCC2c2nc3ccc(C)cc3[nH]2)o1. The van der Waals surface area contributed by atoms with Gasteiger partial charge in [-0.25, -0.2) is 4.98 Å². The maximum absolute atomic E-state index is 12.9. The van der Waals surface area contributed by atoms with Gasteiger partial charge in [0.05, 0.1) is 22.8 Å². The van der Waals surface area contributed by atoms with Gasteiger partial charge in [0, 0.05) is 6.54 Å². The van der Waals surface area contributed by atoms with Gasteiger partial charge in [0.25, 0.3) is 5.91 Å². The molecule has 0 aliphatic carbocycles. The van der Waals surface area contributed by atoms with Crippen LogP contribution in [-0.4, -0.2) is 33.6 Å². The molecule has 1 aromatic carbocycles. The van der Waals surface area contributed by atoms with Gasteiger partial charge in [0.1, 0.15) is 11.6 Å². The number of carbonyl (C=O) groups excluding carboxylic acids is 1. The number of aromatic nitrogens is 2. The lowest BCUT2D eigenvalue weighted by molar-refractivity contribution is 0.0696. The number of fused-ring (bicyclic) bond motifs is 1. The van der Waals surface area contributed by atoms with Crippen LogP contribution in [0.15, 0.2) is 34.7 Å². The second-order valence-electron chi connectivity index (χ2n) is 6.50. The number of rotatable bonds is 4. The molecule has 1 N–H and O–H groups in total. The Morgan fingerprint density at radius 3 is 3.12 bits per heavy atom. The standard InChI is InChI=1S/C19H21N3O2S/c1-12-5-7-14-15(10-12)21-18(20-14)16-4-3-9-22(16)19(23)17-8-6-13(24-17)11-25-2/h5-8,10,16H,3-4,9,11H2,1-2H3,(H,20,21). The lowest BCUT2D eigenvalue weighted by Gasteiger charge is -2.22. The van der Waals surface area contributed by atoms with Gasteiger partial charge in [-0.05, 0) is 55.9 Å². The van der Waals surface area contributed by atoms with Crippen LogP contribution >= 0.6 is 11.8 Å². The maximum atomic E-state index is 12.9. The number of benzene rings is 1. The van der Waals surface area contributed by atoms with Gasteiger partial charge in [0.15, 0.2) is 5.76 Å². The third-order valence-electron chi connectivity index (χ3n) is 4.64. The fourth-order valence-corrected chi connectivity index (χ4v) is 3.89. The highest BCUT2D eigenvalue weighted by molar-refractivity contribution is 7.97. The Bertz CT molecular complexity index is 914. The molecule has 3 aromatic rings. The molecule has 1 aliphatic rings. The summed E-state index contributed by atoms with van der Waals surface area (Å²) in [4.78, 5) is 22.9. The largest absolute Gasteiger partial charge is 0.455 e. The fraction of sp³-hybridized carbons (Fsp3) is 0.368. The molecule has 6 heteroatoms. The minimum Gasteiger partial charge on any atom is -0.455 e. The number of aryl methyl sites for hydroxylation is 1. The number of nitrogens with zero attached hydrogens (tertiary/aromatic N) is 2. The Morgan fingerprint density at radius 2 is 2.28 bits per heavy atom. The highest BCUT2D eigenvalue weighted by atomic mass is 32.2. The van der Waals surface area contributed by atoms with E-state index in [0.717, 1.165) is 47.8 Å². The second-order valence-corrected chi connectivity index (χ2v) is 7.36. The average molecular weight is 355 g/mol. The number of carbonyl (C=O) groups is 1. The zero-order valence-corrected chi connectivity index (χ0v) is 15.2. The van der Waals surface area contributed by atoms with Gasteiger partial charge >= 0.3 is 0 Å². The molecule has 1 aliphatic heterocycles. The summed E-state index contributed by atoms with van der Waals surface area (Å²) >= 11 is 1.68. The van der Waals surface area contributed by atoms with Crippen molar-refractivity contribution in [1.82, 2.24) is 14.9 Å². The van der Waals surface area contributed by atoms with E-state index in [2.05, 4.69) is 24.0 Å². The maximum Gasteiger partial charge on any atom is 0.290 e. The zero-order chi connectivity index (χ0) is 17.4. The molecule has 1 fully saturated rings. The van der Waals surface area contributed by atoms with Crippen molar-refractivity contribution in [2.24, 2.45) is 0 Å². The van der Waals surface area contributed by atoms with Crippen molar-refractivity contribution in [1.29, 1.82) is 0 Å². The summed E-state index contributed by atoms with van der Waals surface area (Å²) in [5.74, 6) is 2.85. The van der Waals surface area contributed by atoms with Crippen molar-refractivity contribution in [2.45, 2.75) is 31.6 Å². The number of hydrogen-bond acceptors (Lipinski definition) is 4. The van der Waals surface area contributed by atoms with Gasteiger partial charge < -0.3 is 14.3 Å². The van der Waals surface area contributed by atoms with Crippen LogP contribution in [0.5, 0.6) is 0 Å². The lowest BCUT2D eigenvalue weighted by atomic mass is 10.2. The Balaban J connectivity index is 1.61. The first-order valence-corrected chi connectivity index (χ1v) is 9.90. The Labute approximate surface area is 150 Å². The van der Waals surface area contributed by atoms with Crippen molar-refractivity contribution in [3.63, 3.8) is 0 Å². The molecule has 0 bridgehead atoms. The van der Waals surface area contributed by atoms with Crippen LogP contribution in [0.1, 0.15) is 46.6 Å². The normalized spacial score (nSPS) is 17.5. The number of hydrogen-bond donors (Lipinski definition) is 1. The van der Waals surface area contributed by atoms with Gasteiger partial charge in [0.2, 0.25) is 0 Å². The van der Waals surface area contributed by atoms with Crippen LogP contribution in [0, 0.1) is 6.92 Å². The van der Waals surface area contributed by atoms with Gasteiger partial charge in [-0.2, -0.15) is 11.8 Å². The van der Waals surface area contributed by atoms with Crippen LogP contribution in [0.3, 0.4) is 0 Å². The monoisotopic (exact) mass is 355 g/mol. The number of thioether (sulfide) groups is 1. The molecule has 130 valence electrons. The first-order valence-electron chi connectivity index (χ1n) is 8.50. The number of likely N-dealkylation sites (tertiary alicyclic amines) is 1. The Morgan fingerprint density at radius 1 is 1.40 bits per heavy atom. The third-order valence-corrected chi connectivity index (χ3v) is 5.22. The van der Waals surface area contributed by atoms with Gasteiger partial charge in [-0.1, -0.05) is 6.07 Å². The molecule has 1 amide bonds. The number of nitrogens with one attached hydrogen (secondary N) is 1. The van der Waals surface area contributed by atoms with Gasteiger partial charge in [-0.15, -0.1) is 0 Å². The molecule has 4 rings (SSSR count). The van der Waals surface area contributed by atoms with Crippen LogP contribution in [0.25, 0.3) is 11.0 Å². The topological polar surface area (TPSA) is 62.1 Å². The fourth-order valence-electron chi connectivity index (χ4n) is 3.45. The van der Waals surface area contributed by atoms with Crippen molar-refractivity contribution in [3.05, 3.63) is 53.2 Å². The molecule has 5 nitrogen and oxygen atoms in total. The number of aromatic amines is 1. The van der Waals surface area contributed by atoms with E-state index in [4.69, 9.17) is 9.40 Å². The number of imidazole rings is 1. The van der Waals surface area contributed by atoms with Crippen molar-refractivity contribution < 1.29 is 9.21 Å². The summed E-state index contributed by atoms with van der Waals surface area (Å²) in [5.41, 5.74) is 3.16. The van der Waals surface area contributed by atoms with E-state index in [1.165, 1.54) is 5.56 Å².